The summed E-state index contributed by atoms with van der Waals surface area (Å²) < 4.78 is 11.9. The lowest BCUT2D eigenvalue weighted by molar-refractivity contribution is 0.241. The van der Waals surface area contributed by atoms with Gasteiger partial charge >= 0.3 is 0 Å². The highest BCUT2D eigenvalue weighted by Gasteiger charge is 2.37. The highest BCUT2D eigenvalue weighted by Crippen LogP contribution is 2.37. The first-order valence-corrected chi connectivity index (χ1v) is 12.8. The van der Waals surface area contributed by atoms with Gasteiger partial charge in [0.25, 0.3) is 0 Å². The number of halogens is 1. The van der Waals surface area contributed by atoms with Gasteiger partial charge in [-0.3, -0.25) is 4.98 Å². The van der Waals surface area contributed by atoms with Crippen molar-refractivity contribution < 1.29 is 8.84 Å². The number of allylic oxidation sites excluding steroid dienone is 2. The standard InChI is InChI=1S/C20H28ClN3O2Si/c1-20(2,3)27(4,5)25-13-17-23-24-19(26-17)15-11-16(21)18(22-12-15)14-9-7-6-8-10-14/h9,11-12H,6-8,10,13H2,1-5H3. The summed E-state index contributed by atoms with van der Waals surface area (Å²) in [6.45, 7) is 11.3. The fourth-order valence-electron chi connectivity index (χ4n) is 2.73. The van der Waals surface area contributed by atoms with Crippen molar-refractivity contribution in [1.29, 1.82) is 0 Å². The molecule has 0 N–H and O–H groups in total. The maximum atomic E-state index is 6.48. The topological polar surface area (TPSA) is 61.0 Å². The highest BCUT2D eigenvalue weighted by molar-refractivity contribution is 6.74. The third kappa shape index (κ3) is 4.68. The monoisotopic (exact) mass is 405 g/mol. The molecule has 1 aliphatic rings. The summed E-state index contributed by atoms with van der Waals surface area (Å²) in [6.07, 6.45) is 8.54. The normalized spacial score (nSPS) is 15.7. The van der Waals surface area contributed by atoms with E-state index in [-0.39, 0.29) is 5.04 Å². The van der Waals surface area contributed by atoms with Crippen LogP contribution < -0.4 is 0 Å². The zero-order valence-electron chi connectivity index (χ0n) is 16.8. The molecule has 2 aromatic rings. The molecule has 0 aliphatic heterocycles. The molecule has 0 saturated carbocycles. The summed E-state index contributed by atoms with van der Waals surface area (Å²) in [6, 6.07) is 1.85. The van der Waals surface area contributed by atoms with Crippen molar-refractivity contribution in [2.75, 3.05) is 0 Å². The molecule has 0 amide bonds. The van der Waals surface area contributed by atoms with Gasteiger partial charge in [0, 0.05) is 6.20 Å². The van der Waals surface area contributed by atoms with E-state index in [1.165, 1.54) is 18.4 Å². The number of rotatable bonds is 5. The Bertz CT molecular complexity index is 840. The maximum absolute atomic E-state index is 6.48. The molecule has 0 bridgehead atoms. The summed E-state index contributed by atoms with van der Waals surface area (Å²) in [5.74, 6) is 0.896. The Kier molecular flexibility index (Phi) is 5.89. The van der Waals surface area contributed by atoms with E-state index in [1.54, 1.807) is 6.20 Å². The van der Waals surface area contributed by atoms with Crippen LogP contribution in [0.2, 0.25) is 23.2 Å². The van der Waals surface area contributed by atoms with Crippen LogP contribution in [-0.2, 0) is 11.0 Å². The summed E-state index contributed by atoms with van der Waals surface area (Å²) in [5, 5.41) is 9.01. The number of pyridine rings is 1. The van der Waals surface area contributed by atoms with Gasteiger partial charge in [-0.15, -0.1) is 10.2 Å². The van der Waals surface area contributed by atoms with Gasteiger partial charge < -0.3 is 8.84 Å². The predicted molar refractivity (Wildman–Crippen MR) is 111 cm³/mol. The average Bonchev–Trinajstić information content (AvgIpc) is 3.09. The van der Waals surface area contributed by atoms with Gasteiger partial charge in [0.05, 0.1) is 16.3 Å². The summed E-state index contributed by atoms with van der Waals surface area (Å²) in [7, 11) is -1.86. The molecule has 1 aliphatic carbocycles. The van der Waals surface area contributed by atoms with Gasteiger partial charge in [-0.2, -0.15) is 0 Å². The van der Waals surface area contributed by atoms with Crippen LogP contribution >= 0.6 is 11.6 Å². The van der Waals surface area contributed by atoms with Crippen LogP contribution in [0.3, 0.4) is 0 Å². The van der Waals surface area contributed by atoms with E-state index in [9.17, 15) is 0 Å². The van der Waals surface area contributed by atoms with Gasteiger partial charge in [-0.1, -0.05) is 38.4 Å². The zero-order valence-corrected chi connectivity index (χ0v) is 18.6. The number of hydrogen-bond acceptors (Lipinski definition) is 5. The molecule has 5 nitrogen and oxygen atoms in total. The molecular formula is C20H28ClN3O2Si. The Labute approximate surface area is 167 Å². The first-order valence-electron chi connectivity index (χ1n) is 9.49. The first kappa shape index (κ1) is 20.2. The first-order chi connectivity index (χ1) is 12.7. The minimum atomic E-state index is -1.86. The van der Waals surface area contributed by atoms with Crippen molar-refractivity contribution in [2.24, 2.45) is 0 Å². The molecule has 146 valence electrons. The van der Waals surface area contributed by atoms with Crippen molar-refractivity contribution in [3.63, 3.8) is 0 Å². The Balaban J connectivity index is 1.73. The second kappa shape index (κ2) is 7.85. The summed E-state index contributed by atoms with van der Waals surface area (Å²) in [5.41, 5.74) is 2.82. The Morgan fingerprint density at radius 3 is 2.63 bits per heavy atom. The smallest absolute Gasteiger partial charge is 0.249 e. The summed E-state index contributed by atoms with van der Waals surface area (Å²) >= 11 is 6.48. The lowest BCUT2D eigenvalue weighted by Crippen LogP contribution is -2.40. The van der Waals surface area contributed by atoms with Gasteiger partial charge in [-0.05, 0) is 55.5 Å². The second-order valence-electron chi connectivity index (χ2n) is 8.58. The fourth-order valence-corrected chi connectivity index (χ4v) is 3.94. The van der Waals surface area contributed by atoms with Crippen LogP contribution in [0.1, 0.15) is 58.0 Å². The summed E-state index contributed by atoms with van der Waals surface area (Å²) in [4.78, 5) is 4.55. The molecule has 7 heteroatoms. The van der Waals surface area contributed by atoms with E-state index in [2.05, 4.69) is 55.1 Å². The van der Waals surface area contributed by atoms with Crippen molar-refractivity contribution in [3.05, 3.63) is 34.9 Å². The molecule has 2 heterocycles. The molecule has 0 fully saturated rings. The molecule has 3 rings (SSSR count). The lowest BCUT2D eigenvalue weighted by Gasteiger charge is -2.35. The van der Waals surface area contributed by atoms with E-state index in [4.69, 9.17) is 20.4 Å². The predicted octanol–water partition coefficient (Wildman–Crippen LogP) is 6.26. The van der Waals surface area contributed by atoms with Gasteiger partial charge in [0.15, 0.2) is 8.32 Å². The van der Waals surface area contributed by atoms with Crippen molar-refractivity contribution in [1.82, 2.24) is 15.2 Å². The second-order valence-corrected chi connectivity index (χ2v) is 13.8. The average molecular weight is 406 g/mol. The maximum Gasteiger partial charge on any atom is 0.249 e. The zero-order chi connectivity index (χ0) is 19.7. The van der Waals surface area contributed by atoms with E-state index in [0.29, 0.717) is 23.4 Å². The quantitative estimate of drug-likeness (QED) is 0.549. The SMILES string of the molecule is CC(C)(C)[Si](C)(C)OCc1nnc(-c2cnc(C3=CCCCC3)c(Cl)c2)o1. The molecule has 0 atom stereocenters. The number of nitrogens with zero attached hydrogens (tertiary/aromatic N) is 3. The van der Waals surface area contributed by atoms with E-state index >= 15 is 0 Å². The molecule has 0 aromatic carbocycles. The largest absolute Gasteiger partial charge is 0.418 e. The number of hydrogen-bond donors (Lipinski definition) is 0. The molecule has 2 aromatic heterocycles. The highest BCUT2D eigenvalue weighted by atomic mass is 35.5. The fraction of sp³-hybridized carbons (Fsp3) is 0.550. The van der Waals surface area contributed by atoms with Crippen molar-refractivity contribution >= 4 is 25.5 Å². The van der Waals surface area contributed by atoms with E-state index in [0.717, 1.165) is 24.1 Å². The molecule has 0 spiro atoms. The van der Waals surface area contributed by atoms with Crippen LogP contribution in [0, 0.1) is 0 Å². The van der Waals surface area contributed by atoms with Gasteiger partial charge in [-0.25, -0.2) is 0 Å². The van der Waals surface area contributed by atoms with E-state index in [1.807, 2.05) is 6.07 Å². The van der Waals surface area contributed by atoms with Crippen LogP contribution in [0.5, 0.6) is 0 Å². The Morgan fingerprint density at radius 2 is 2.00 bits per heavy atom. The van der Waals surface area contributed by atoms with E-state index < -0.39 is 8.32 Å². The molecule has 0 radical (unpaired) electrons. The molecule has 0 saturated heterocycles. The third-order valence-corrected chi connectivity index (χ3v) is 10.3. The van der Waals surface area contributed by atoms with Gasteiger partial charge in [0.1, 0.15) is 6.61 Å². The Morgan fingerprint density at radius 1 is 1.22 bits per heavy atom. The van der Waals surface area contributed by atoms with Crippen LogP contribution in [0.25, 0.3) is 17.0 Å². The molecular weight excluding hydrogens is 378 g/mol. The van der Waals surface area contributed by atoms with Crippen LogP contribution in [-0.4, -0.2) is 23.5 Å². The number of aromatic nitrogens is 3. The lowest BCUT2D eigenvalue weighted by atomic mass is 9.96. The van der Waals surface area contributed by atoms with Gasteiger partial charge in [0.2, 0.25) is 11.8 Å². The molecule has 0 unspecified atom stereocenters. The van der Waals surface area contributed by atoms with Crippen molar-refractivity contribution in [2.45, 2.75) is 71.2 Å². The minimum Gasteiger partial charge on any atom is -0.418 e. The third-order valence-electron chi connectivity index (χ3n) is 5.51. The molecule has 27 heavy (non-hydrogen) atoms. The van der Waals surface area contributed by atoms with Crippen LogP contribution in [0.15, 0.2) is 22.8 Å². The van der Waals surface area contributed by atoms with Crippen LogP contribution in [0.4, 0.5) is 0 Å². The Hall–Kier alpha value is -1.50. The minimum absolute atomic E-state index is 0.136. The van der Waals surface area contributed by atoms with Crippen molar-refractivity contribution in [3.8, 4) is 11.5 Å².